The van der Waals surface area contributed by atoms with E-state index in [1.807, 2.05) is 103 Å². The van der Waals surface area contributed by atoms with E-state index < -0.39 is 0 Å². The molecular weight excluding hydrogens is 1030 g/mol. The number of benzene rings is 12. The van der Waals surface area contributed by atoms with Crippen molar-refractivity contribution in [3.63, 3.8) is 0 Å². The van der Waals surface area contributed by atoms with E-state index in [1.54, 1.807) is 0 Å². The summed E-state index contributed by atoms with van der Waals surface area (Å²) in [5, 5.41) is 8.01. The largest absolute Gasteiger partial charge is 0.455 e. The predicted molar refractivity (Wildman–Crippen MR) is 342 cm³/mol. The molecule has 17 rings (SSSR count). The molecule has 8 heteroatoms. The molecule has 5 heterocycles. The van der Waals surface area contributed by atoms with Crippen molar-refractivity contribution in [3.8, 4) is 78.9 Å². The third-order valence-electron chi connectivity index (χ3n) is 16.6. The average Bonchev–Trinajstić information content (AvgIpc) is 1.93. The van der Waals surface area contributed by atoms with Crippen LogP contribution < -0.4 is 0 Å². The van der Waals surface area contributed by atoms with Crippen LogP contribution in [-0.2, 0) is 0 Å². The summed E-state index contributed by atoms with van der Waals surface area (Å²) in [6, 6.07) is 92.3. The molecule has 0 aliphatic rings. The van der Waals surface area contributed by atoms with E-state index in [1.165, 1.54) is 0 Å². The van der Waals surface area contributed by atoms with Crippen LogP contribution >= 0.6 is 0 Å². The second-order valence-electron chi connectivity index (χ2n) is 21.3. The SMILES string of the molecule is [C-]#[N+]c1cc(-c2nc(-c3ccccc3)nc(-c3ccccc3)n2)c(-n2c3ccc(-c4ccccc4)cc3c3c4oc5ccccc5c4ccc32)c(-c2ccccc2)c1-n1c2ccc(-c3ccccc3)cc2c2c3oc4ccccc4c3ccc21. The number of aromatic nitrogens is 5. The highest BCUT2D eigenvalue weighted by Gasteiger charge is 2.31. The van der Waals surface area contributed by atoms with Crippen LogP contribution in [0.25, 0.3) is 171 Å². The summed E-state index contributed by atoms with van der Waals surface area (Å²) in [6.45, 7) is 9.50. The van der Waals surface area contributed by atoms with Gasteiger partial charge in [0, 0.05) is 54.6 Å². The van der Waals surface area contributed by atoms with Crippen LogP contribution in [0.4, 0.5) is 5.69 Å². The maximum atomic E-state index is 9.50. The van der Waals surface area contributed by atoms with Crippen LogP contribution in [0.5, 0.6) is 0 Å². The summed E-state index contributed by atoms with van der Waals surface area (Å²) in [4.78, 5) is 20.8. The molecule has 0 amide bonds. The van der Waals surface area contributed by atoms with Gasteiger partial charge in [0.1, 0.15) is 22.3 Å². The maximum Gasteiger partial charge on any atom is 0.212 e. The smallest absolute Gasteiger partial charge is 0.212 e. The fourth-order valence-electron chi connectivity index (χ4n) is 12.8. The molecule has 0 aliphatic heterocycles. The third kappa shape index (κ3) is 7.23. The van der Waals surface area contributed by atoms with Crippen LogP contribution in [0.2, 0.25) is 0 Å². The molecule has 0 aliphatic carbocycles. The van der Waals surface area contributed by atoms with Crippen molar-refractivity contribution < 1.29 is 8.83 Å². The Morgan fingerprint density at radius 2 is 0.702 bits per heavy atom. The van der Waals surface area contributed by atoms with E-state index in [2.05, 4.69) is 178 Å². The number of nitrogens with zero attached hydrogens (tertiary/aromatic N) is 6. The van der Waals surface area contributed by atoms with E-state index >= 15 is 0 Å². The fraction of sp³-hybridized carbons (Fsp3) is 0. The second-order valence-corrected chi connectivity index (χ2v) is 21.3. The highest BCUT2D eigenvalue weighted by atomic mass is 16.3. The van der Waals surface area contributed by atoms with Crippen molar-refractivity contribution >= 4 is 93.2 Å². The van der Waals surface area contributed by atoms with Gasteiger partial charge in [-0.2, -0.15) is 0 Å². The van der Waals surface area contributed by atoms with Gasteiger partial charge in [-0.15, -0.1) is 0 Å². The molecule has 5 aromatic heterocycles. The van der Waals surface area contributed by atoms with E-state index in [-0.39, 0.29) is 0 Å². The lowest BCUT2D eigenvalue weighted by Gasteiger charge is -2.24. The van der Waals surface area contributed by atoms with Gasteiger partial charge in [0.15, 0.2) is 17.5 Å². The molecule has 0 radical (unpaired) electrons. The molecule has 0 spiro atoms. The minimum atomic E-state index is 0.401. The first-order chi connectivity index (χ1) is 41.6. The van der Waals surface area contributed by atoms with E-state index in [0.717, 1.165) is 138 Å². The lowest BCUT2D eigenvalue weighted by atomic mass is 9.94. The third-order valence-corrected chi connectivity index (χ3v) is 16.6. The number of fused-ring (bicyclic) bond motifs is 14. The maximum absolute atomic E-state index is 9.50. The molecule has 0 unspecified atom stereocenters. The minimum absolute atomic E-state index is 0.401. The van der Waals surface area contributed by atoms with Crippen molar-refractivity contribution in [1.82, 2.24) is 24.1 Å². The van der Waals surface area contributed by atoms with Gasteiger partial charge in [-0.25, -0.2) is 19.8 Å². The second kappa shape index (κ2) is 18.7. The van der Waals surface area contributed by atoms with Crippen molar-refractivity contribution in [3.05, 3.63) is 278 Å². The number of hydrogen-bond donors (Lipinski definition) is 0. The lowest BCUT2D eigenvalue weighted by Crippen LogP contribution is -2.08. The Hall–Kier alpha value is -11.7. The number of rotatable bonds is 8. The summed E-state index contributed by atoms with van der Waals surface area (Å²) < 4.78 is 18.7. The normalized spacial score (nSPS) is 11.8. The lowest BCUT2D eigenvalue weighted by molar-refractivity contribution is 0.672. The van der Waals surface area contributed by atoms with Gasteiger partial charge in [-0.1, -0.05) is 200 Å². The first kappa shape index (κ1) is 47.2. The first-order valence-electron chi connectivity index (χ1n) is 28.0. The molecule has 17 aromatic rings. The zero-order chi connectivity index (χ0) is 55.4. The molecule has 84 heavy (non-hydrogen) atoms. The number of para-hydroxylation sites is 2. The Morgan fingerprint density at radius 3 is 1.17 bits per heavy atom. The van der Waals surface area contributed by atoms with Gasteiger partial charge in [0.2, 0.25) is 5.69 Å². The van der Waals surface area contributed by atoms with Crippen molar-refractivity contribution in [2.45, 2.75) is 0 Å². The fourth-order valence-corrected chi connectivity index (χ4v) is 12.8. The van der Waals surface area contributed by atoms with Crippen molar-refractivity contribution in [2.24, 2.45) is 0 Å². The van der Waals surface area contributed by atoms with Gasteiger partial charge in [0.05, 0.1) is 50.8 Å². The van der Waals surface area contributed by atoms with Crippen LogP contribution in [0.1, 0.15) is 0 Å². The van der Waals surface area contributed by atoms with Crippen molar-refractivity contribution in [1.29, 1.82) is 0 Å². The average molecular weight is 1070 g/mol. The molecule has 0 bridgehead atoms. The molecule has 0 fully saturated rings. The predicted octanol–water partition coefficient (Wildman–Crippen LogP) is 20.4. The molecule has 8 nitrogen and oxygen atoms in total. The quantitative estimate of drug-likeness (QED) is 0.142. The summed E-state index contributed by atoms with van der Waals surface area (Å²) in [5.74, 6) is 1.42. The van der Waals surface area contributed by atoms with Crippen LogP contribution in [0, 0.1) is 6.57 Å². The number of furan rings is 2. The Balaban J connectivity index is 1.09. The Bertz CT molecular complexity index is 5490. The topological polar surface area (TPSA) is 79.2 Å². The van der Waals surface area contributed by atoms with E-state index in [9.17, 15) is 6.57 Å². The molecule has 12 aromatic carbocycles. The molecule has 0 saturated carbocycles. The zero-order valence-corrected chi connectivity index (χ0v) is 44.9. The summed E-state index contributed by atoms with van der Waals surface area (Å²) in [6.07, 6.45) is 0. The molecule has 0 atom stereocenters. The highest BCUT2D eigenvalue weighted by Crippen LogP contribution is 2.52. The van der Waals surface area contributed by atoms with Crippen LogP contribution in [-0.4, -0.2) is 24.1 Å². The van der Waals surface area contributed by atoms with E-state index in [0.29, 0.717) is 34.4 Å². The van der Waals surface area contributed by atoms with Crippen LogP contribution in [0.3, 0.4) is 0 Å². The van der Waals surface area contributed by atoms with Gasteiger partial charge < -0.3 is 18.0 Å². The molecule has 0 saturated heterocycles. The van der Waals surface area contributed by atoms with Gasteiger partial charge in [-0.3, -0.25) is 0 Å². The molecule has 0 N–H and O–H groups in total. The Labute approximate surface area is 480 Å². The molecular formula is C76H44N6O2. The monoisotopic (exact) mass is 1070 g/mol. The van der Waals surface area contributed by atoms with Gasteiger partial charge in [0.25, 0.3) is 0 Å². The highest BCUT2D eigenvalue weighted by molar-refractivity contribution is 6.27. The molecule has 390 valence electrons. The Morgan fingerprint density at radius 1 is 0.310 bits per heavy atom. The zero-order valence-electron chi connectivity index (χ0n) is 44.9. The van der Waals surface area contributed by atoms with E-state index in [4.69, 9.17) is 23.8 Å². The minimum Gasteiger partial charge on any atom is -0.455 e. The standard InChI is InChI=1S/C76H44N6O2/c1-77-60-45-59(76-79-74(49-27-13-5-14-28-49)78-75(80-76)50-29-15-6-16-30-50)70(81-61-39-35-51(46-21-7-2-8-22-46)43-57(61)68-63(81)41-37-55-53-31-17-19-33-65(53)83-72(55)68)67(48-25-11-4-12-26-48)71(60)82-62-40-36-52(47-23-9-3-10-24-47)44-58(62)69-64(82)42-38-56-54-32-18-20-34-66(54)84-73(56)69/h2-45H. The summed E-state index contributed by atoms with van der Waals surface area (Å²) >= 11 is 0. The Kier molecular flexibility index (Phi) is 10.5. The van der Waals surface area contributed by atoms with Crippen molar-refractivity contribution in [2.75, 3.05) is 0 Å². The first-order valence-corrected chi connectivity index (χ1v) is 28.0. The summed E-state index contributed by atoms with van der Waals surface area (Å²) in [5.41, 5.74) is 17.0. The number of hydrogen-bond acceptors (Lipinski definition) is 5. The van der Waals surface area contributed by atoms with Crippen LogP contribution in [0.15, 0.2) is 276 Å². The van der Waals surface area contributed by atoms with Gasteiger partial charge >= 0.3 is 0 Å². The van der Waals surface area contributed by atoms with Gasteiger partial charge in [-0.05, 0) is 94.5 Å². The summed E-state index contributed by atoms with van der Waals surface area (Å²) in [7, 11) is 0.